The van der Waals surface area contributed by atoms with Crippen LogP contribution < -0.4 is 4.74 Å². The number of benzene rings is 1. The molecule has 1 aliphatic carbocycles. The minimum Gasteiger partial charge on any atom is -0.497 e. The third-order valence-electron chi connectivity index (χ3n) is 4.74. The zero-order valence-electron chi connectivity index (χ0n) is 14.5. The fourth-order valence-electron chi connectivity index (χ4n) is 3.48. The van der Waals surface area contributed by atoms with Gasteiger partial charge in [0.2, 0.25) is 0 Å². The second-order valence-corrected chi connectivity index (χ2v) is 6.62. The van der Waals surface area contributed by atoms with E-state index in [1.54, 1.807) is 7.11 Å². The third kappa shape index (κ3) is 2.78. The summed E-state index contributed by atoms with van der Waals surface area (Å²) < 4.78 is 9.97. The highest BCUT2D eigenvalue weighted by Crippen LogP contribution is 2.32. The molecule has 1 N–H and O–H groups in total. The van der Waals surface area contributed by atoms with E-state index in [0.29, 0.717) is 11.3 Å². The zero-order chi connectivity index (χ0) is 17.4. The second-order valence-electron chi connectivity index (χ2n) is 6.23. The average molecular weight is 355 g/mol. The fraction of sp³-hybridized carbons (Fsp3) is 0.389. The largest absolute Gasteiger partial charge is 0.497 e. The van der Waals surface area contributed by atoms with Gasteiger partial charge in [0, 0.05) is 12.1 Å². The number of fused-ring (bicyclic) bond motifs is 1. The Hall–Kier alpha value is -2.41. The van der Waals surface area contributed by atoms with Crippen molar-refractivity contribution in [3.63, 3.8) is 0 Å². The summed E-state index contributed by atoms with van der Waals surface area (Å²) in [4.78, 5) is 0. The standard InChI is InChI=1S/C18H21N5OS/c1-3-23-16(14-5-4-6-15(14)21-23)17-19-20-18(25)22(17)11-12-7-9-13(24-2)10-8-12/h7-10H,3-6,11H2,1-2H3,(H,20,25). The van der Waals surface area contributed by atoms with Crippen LogP contribution in [-0.4, -0.2) is 31.7 Å². The predicted octanol–water partition coefficient (Wildman–Crippen LogP) is 3.37. The van der Waals surface area contributed by atoms with Gasteiger partial charge in [-0.2, -0.15) is 10.2 Å². The van der Waals surface area contributed by atoms with Gasteiger partial charge in [0.15, 0.2) is 10.6 Å². The number of hydrogen-bond donors (Lipinski definition) is 1. The summed E-state index contributed by atoms with van der Waals surface area (Å²) in [5.41, 5.74) is 4.79. The maximum atomic E-state index is 5.49. The molecule has 0 saturated carbocycles. The van der Waals surface area contributed by atoms with Crippen molar-refractivity contribution in [2.24, 2.45) is 0 Å². The van der Waals surface area contributed by atoms with E-state index in [-0.39, 0.29) is 0 Å². The Kier molecular flexibility index (Phi) is 4.17. The number of aromatic amines is 1. The van der Waals surface area contributed by atoms with Gasteiger partial charge >= 0.3 is 0 Å². The lowest BCUT2D eigenvalue weighted by atomic mass is 10.1. The highest BCUT2D eigenvalue weighted by atomic mass is 32.1. The van der Waals surface area contributed by atoms with E-state index in [2.05, 4.69) is 38.5 Å². The number of ether oxygens (including phenoxy) is 1. The number of nitrogens with zero attached hydrogens (tertiary/aromatic N) is 4. The van der Waals surface area contributed by atoms with Crippen molar-refractivity contribution in [1.29, 1.82) is 0 Å². The monoisotopic (exact) mass is 355 g/mol. The quantitative estimate of drug-likeness (QED) is 0.713. The first-order valence-electron chi connectivity index (χ1n) is 8.58. The van der Waals surface area contributed by atoms with Crippen LogP contribution in [0.2, 0.25) is 0 Å². The fourth-order valence-corrected chi connectivity index (χ4v) is 3.68. The molecule has 0 radical (unpaired) electrons. The van der Waals surface area contributed by atoms with E-state index >= 15 is 0 Å². The molecular formula is C18H21N5OS. The number of methoxy groups -OCH3 is 1. The molecule has 25 heavy (non-hydrogen) atoms. The highest BCUT2D eigenvalue weighted by molar-refractivity contribution is 7.71. The Labute approximate surface area is 151 Å². The Bertz CT molecular complexity index is 951. The SMILES string of the molecule is CCn1nc2c(c1-c1n[nH]c(=S)n1Cc1ccc(OC)cc1)CCC2. The van der Waals surface area contributed by atoms with Crippen molar-refractivity contribution >= 4 is 12.2 Å². The minimum atomic E-state index is 0.626. The molecule has 0 unspecified atom stereocenters. The Morgan fingerprint density at radius 3 is 2.76 bits per heavy atom. The summed E-state index contributed by atoms with van der Waals surface area (Å²) in [7, 11) is 1.67. The third-order valence-corrected chi connectivity index (χ3v) is 5.06. The molecular weight excluding hydrogens is 334 g/mol. The zero-order valence-corrected chi connectivity index (χ0v) is 15.3. The normalized spacial score (nSPS) is 13.2. The molecule has 7 heteroatoms. The first-order chi connectivity index (χ1) is 12.2. The number of nitrogens with one attached hydrogen (secondary N) is 1. The molecule has 4 rings (SSSR count). The van der Waals surface area contributed by atoms with Crippen LogP contribution in [-0.2, 0) is 25.9 Å². The van der Waals surface area contributed by atoms with E-state index in [0.717, 1.165) is 42.2 Å². The lowest BCUT2D eigenvalue weighted by molar-refractivity contribution is 0.414. The Morgan fingerprint density at radius 2 is 2.04 bits per heavy atom. The van der Waals surface area contributed by atoms with E-state index in [9.17, 15) is 0 Å². The molecule has 0 aliphatic heterocycles. The summed E-state index contributed by atoms with van der Waals surface area (Å²) in [5, 5.41) is 12.3. The van der Waals surface area contributed by atoms with Gasteiger partial charge in [-0.05, 0) is 56.1 Å². The maximum absolute atomic E-state index is 5.49. The lowest BCUT2D eigenvalue weighted by Gasteiger charge is -2.10. The molecule has 0 atom stereocenters. The molecule has 3 aromatic rings. The van der Waals surface area contributed by atoms with Crippen LogP contribution in [0.15, 0.2) is 24.3 Å². The number of H-pyrrole nitrogens is 1. The first kappa shape index (κ1) is 16.1. The van der Waals surface area contributed by atoms with Gasteiger partial charge in [-0.25, -0.2) is 0 Å². The summed E-state index contributed by atoms with van der Waals surface area (Å²) in [6, 6.07) is 8.04. The molecule has 6 nitrogen and oxygen atoms in total. The number of rotatable bonds is 5. The minimum absolute atomic E-state index is 0.626. The molecule has 0 saturated heterocycles. The van der Waals surface area contributed by atoms with Crippen LogP contribution in [0.4, 0.5) is 0 Å². The van der Waals surface area contributed by atoms with Crippen molar-refractivity contribution < 1.29 is 4.74 Å². The van der Waals surface area contributed by atoms with Gasteiger partial charge in [0.25, 0.3) is 0 Å². The number of hydrogen-bond acceptors (Lipinski definition) is 4. The molecule has 0 spiro atoms. The van der Waals surface area contributed by atoms with Gasteiger partial charge in [-0.15, -0.1) is 0 Å². The van der Waals surface area contributed by atoms with Crippen molar-refractivity contribution in [3.05, 3.63) is 45.9 Å². The van der Waals surface area contributed by atoms with E-state index < -0.39 is 0 Å². The van der Waals surface area contributed by atoms with Gasteiger partial charge in [0.1, 0.15) is 11.4 Å². The molecule has 1 aliphatic rings. The van der Waals surface area contributed by atoms with E-state index in [4.69, 9.17) is 22.1 Å². The van der Waals surface area contributed by atoms with E-state index in [1.165, 1.54) is 17.7 Å². The highest BCUT2D eigenvalue weighted by Gasteiger charge is 2.25. The van der Waals surface area contributed by atoms with Crippen LogP contribution in [0, 0.1) is 4.77 Å². The summed E-state index contributed by atoms with van der Waals surface area (Å²) in [5.74, 6) is 1.72. The molecule has 0 bridgehead atoms. The van der Waals surface area contributed by atoms with E-state index in [1.807, 2.05) is 12.1 Å². The van der Waals surface area contributed by atoms with Gasteiger partial charge in [-0.1, -0.05) is 12.1 Å². The predicted molar refractivity (Wildman–Crippen MR) is 98.4 cm³/mol. The van der Waals surface area contributed by atoms with Crippen molar-refractivity contribution in [2.45, 2.75) is 39.3 Å². The van der Waals surface area contributed by atoms with Crippen molar-refractivity contribution in [1.82, 2.24) is 24.5 Å². The van der Waals surface area contributed by atoms with Gasteiger partial charge < -0.3 is 4.74 Å². The number of aromatic nitrogens is 5. The second kappa shape index (κ2) is 6.48. The van der Waals surface area contributed by atoms with Crippen LogP contribution in [0.5, 0.6) is 5.75 Å². The molecule has 130 valence electrons. The molecule has 2 aromatic heterocycles. The van der Waals surface area contributed by atoms with Crippen LogP contribution in [0.3, 0.4) is 0 Å². The van der Waals surface area contributed by atoms with Gasteiger partial charge in [0.05, 0.1) is 19.3 Å². The topological polar surface area (TPSA) is 60.7 Å². The molecule has 2 heterocycles. The van der Waals surface area contributed by atoms with Gasteiger partial charge in [-0.3, -0.25) is 14.3 Å². The number of aryl methyl sites for hydroxylation is 2. The molecule has 0 fully saturated rings. The summed E-state index contributed by atoms with van der Waals surface area (Å²) in [6.45, 7) is 3.60. The lowest BCUT2D eigenvalue weighted by Crippen LogP contribution is -2.08. The maximum Gasteiger partial charge on any atom is 0.195 e. The Balaban J connectivity index is 1.77. The molecule has 0 amide bonds. The summed E-state index contributed by atoms with van der Waals surface area (Å²) in [6.07, 6.45) is 3.28. The smallest absolute Gasteiger partial charge is 0.195 e. The average Bonchev–Trinajstić information content (AvgIpc) is 3.31. The Morgan fingerprint density at radius 1 is 1.24 bits per heavy atom. The van der Waals surface area contributed by atoms with Crippen LogP contribution >= 0.6 is 12.2 Å². The first-order valence-corrected chi connectivity index (χ1v) is 8.99. The summed E-state index contributed by atoms with van der Waals surface area (Å²) >= 11 is 5.49. The van der Waals surface area contributed by atoms with Crippen molar-refractivity contribution in [2.75, 3.05) is 7.11 Å². The van der Waals surface area contributed by atoms with Crippen LogP contribution in [0.1, 0.15) is 30.2 Å². The van der Waals surface area contributed by atoms with Crippen LogP contribution in [0.25, 0.3) is 11.5 Å². The van der Waals surface area contributed by atoms with Crippen molar-refractivity contribution in [3.8, 4) is 17.3 Å². The molecule has 1 aromatic carbocycles.